The molecule has 1 atom stereocenters. The van der Waals surface area contributed by atoms with Crippen LogP contribution in [-0.4, -0.2) is 18.5 Å². The molecule has 0 aromatic heterocycles. The highest BCUT2D eigenvalue weighted by Gasteiger charge is 2.10. The number of halogens is 1. The third-order valence-electron chi connectivity index (χ3n) is 2.70. The number of hydrogen-bond acceptors (Lipinski definition) is 2. The van der Waals surface area contributed by atoms with E-state index in [1.165, 1.54) is 5.56 Å². The molecule has 0 bridgehead atoms. The smallest absolute Gasteiger partial charge is 0.118 e. The lowest BCUT2D eigenvalue weighted by Gasteiger charge is -2.20. The lowest BCUT2D eigenvalue weighted by Crippen LogP contribution is -2.34. The van der Waals surface area contributed by atoms with Crippen LogP contribution in [-0.2, 0) is 6.54 Å². The highest BCUT2D eigenvalue weighted by Crippen LogP contribution is 2.12. The average molecular weight is 286 g/mol. The molecule has 90 valence electrons. The Bertz CT molecular complexity index is 297. The van der Waals surface area contributed by atoms with Crippen molar-refractivity contribution in [1.29, 1.82) is 0 Å². The zero-order chi connectivity index (χ0) is 12.0. The molecule has 0 aliphatic rings. The van der Waals surface area contributed by atoms with E-state index in [9.17, 15) is 0 Å². The van der Waals surface area contributed by atoms with Crippen molar-refractivity contribution in [2.45, 2.75) is 26.4 Å². The quantitative estimate of drug-likeness (QED) is 0.811. The summed E-state index contributed by atoms with van der Waals surface area (Å²) < 4.78 is 5.13. The fourth-order valence-electron chi connectivity index (χ4n) is 1.46. The van der Waals surface area contributed by atoms with Crippen LogP contribution in [0, 0.1) is 5.92 Å². The van der Waals surface area contributed by atoms with Gasteiger partial charge in [0.25, 0.3) is 0 Å². The highest BCUT2D eigenvalue weighted by atomic mass is 79.9. The third-order valence-corrected chi connectivity index (χ3v) is 3.40. The fourth-order valence-corrected chi connectivity index (χ4v) is 2.44. The van der Waals surface area contributed by atoms with Gasteiger partial charge in [0.1, 0.15) is 5.75 Å². The van der Waals surface area contributed by atoms with Crippen LogP contribution in [0.15, 0.2) is 24.3 Å². The Hall–Kier alpha value is -0.540. The summed E-state index contributed by atoms with van der Waals surface area (Å²) in [5.74, 6) is 1.54. The molecule has 0 amide bonds. The molecular weight excluding hydrogens is 266 g/mol. The van der Waals surface area contributed by atoms with Gasteiger partial charge >= 0.3 is 0 Å². The van der Waals surface area contributed by atoms with Crippen molar-refractivity contribution in [3.05, 3.63) is 29.8 Å². The van der Waals surface area contributed by atoms with E-state index < -0.39 is 0 Å². The van der Waals surface area contributed by atoms with Crippen molar-refractivity contribution in [1.82, 2.24) is 5.32 Å². The summed E-state index contributed by atoms with van der Waals surface area (Å²) in [6, 6.07) is 8.70. The molecule has 1 rings (SSSR count). The number of benzene rings is 1. The van der Waals surface area contributed by atoms with Crippen molar-refractivity contribution in [3.63, 3.8) is 0 Å². The van der Waals surface area contributed by atoms with Crippen molar-refractivity contribution < 1.29 is 4.74 Å². The molecule has 0 saturated carbocycles. The van der Waals surface area contributed by atoms with E-state index in [1.807, 2.05) is 12.1 Å². The van der Waals surface area contributed by atoms with Gasteiger partial charge in [0.2, 0.25) is 0 Å². The molecular formula is C13H20BrNO. The van der Waals surface area contributed by atoms with Crippen molar-refractivity contribution in [2.24, 2.45) is 5.92 Å². The van der Waals surface area contributed by atoms with Crippen molar-refractivity contribution >= 4 is 15.9 Å². The first-order valence-corrected chi connectivity index (χ1v) is 6.71. The SMILES string of the molecule is COc1ccc(CNC(CBr)C(C)C)cc1. The van der Waals surface area contributed by atoms with Gasteiger partial charge in [0.05, 0.1) is 7.11 Å². The van der Waals surface area contributed by atoms with Gasteiger partial charge in [-0.1, -0.05) is 41.9 Å². The van der Waals surface area contributed by atoms with Crippen molar-refractivity contribution in [2.75, 3.05) is 12.4 Å². The standard InChI is InChI=1S/C13H20BrNO/c1-10(2)13(8-14)15-9-11-4-6-12(16-3)7-5-11/h4-7,10,13,15H,8-9H2,1-3H3. The fraction of sp³-hybridized carbons (Fsp3) is 0.538. The Morgan fingerprint density at radius 2 is 1.88 bits per heavy atom. The molecule has 0 aliphatic heterocycles. The molecule has 1 aromatic rings. The largest absolute Gasteiger partial charge is 0.497 e. The Morgan fingerprint density at radius 1 is 1.25 bits per heavy atom. The zero-order valence-corrected chi connectivity index (χ0v) is 11.8. The summed E-state index contributed by atoms with van der Waals surface area (Å²) in [5.41, 5.74) is 1.28. The molecule has 0 heterocycles. The Kier molecular flexibility index (Phi) is 5.85. The minimum Gasteiger partial charge on any atom is -0.497 e. The molecule has 0 radical (unpaired) electrons. The minimum absolute atomic E-state index is 0.516. The molecule has 0 spiro atoms. The van der Waals surface area contributed by atoms with Crippen LogP contribution in [0.5, 0.6) is 5.75 Å². The lowest BCUT2D eigenvalue weighted by molar-refractivity contribution is 0.414. The topological polar surface area (TPSA) is 21.3 Å². The minimum atomic E-state index is 0.516. The molecule has 3 heteroatoms. The predicted molar refractivity (Wildman–Crippen MR) is 72.3 cm³/mol. The number of ether oxygens (including phenoxy) is 1. The summed E-state index contributed by atoms with van der Waals surface area (Å²) in [5, 5.41) is 4.52. The van der Waals surface area contributed by atoms with Gasteiger partial charge in [-0.25, -0.2) is 0 Å². The second kappa shape index (κ2) is 6.92. The van der Waals surface area contributed by atoms with Crippen molar-refractivity contribution in [3.8, 4) is 5.75 Å². The van der Waals surface area contributed by atoms with E-state index in [2.05, 4.69) is 47.2 Å². The Morgan fingerprint density at radius 3 is 2.31 bits per heavy atom. The van der Waals surface area contributed by atoms with Gasteiger partial charge in [-0.2, -0.15) is 0 Å². The number of nitrogens with one attached hydrogen (secondary N) is 1. The van der Waals surface area contributed by atoms with Gasteiger partial charge in [0.15, 0.2) is 0 Å². The molecule has 1 unspecified atom stereocenters. The number of rotatable bonds is 6. The highest BCUT2D eigenvalue weighted by molar-refractivity contribution is 9.09. The molecule has 1 aromatic carbocycles. The van der Waals surface area contributed by atoms with E-state index in [4.69, 9.17) is 4.74 Å². The summed E-state index contributed by atoms with van der Waals surface area (Å²) in [6.07, 6.45) is 0. The van der Waals surface area contributed by atoms with Crippen LogP contribution >= 0.6 is 15.9 Å². The van der Waals surface area contributed by atoms with E-state index in [0.29, 0.717) is 12.0 Å². The normalized spacial score (nSPS) is 12.8. The first-order valence-electron chi connectivity index (χ1n) is 5.59. The predicted octanol–water partition coefficient (Wildman–Crippen LogP) is 3.20. The van der Waals surface area contributed by atoms with Crippen LogP contribution in [0.4, 0.5) is 0 Å². The van der Waals surface area contributed by atoms with Gasteiger partial charge < -0.3 is 10.1 Å². The van der Waals surface area contributed by atoms with E-state index in [-0.39, 0.29) is 0 Å². The third kappa shape index (κ3) is 4.14. The van der Waals surface area contributed by atoms with Gasteiger partial charge in [-0.05, 0) is 23.6 Å². The number of alkyl halides is 1. The maximum Gasteiger partial charge on any atom is 0.118 e. The molecule has 1 N–H and O–H groups in total. The number of methoxy groups -OCH3 is 1. The number of hydrogen-bond donors (Lipinski definition) is 1. The summed E-state index contributed by atoms with van der Waals surface area (Å²) in [7, 11) is 1.69. The van der Waals surface area contributed by atoms with Gasteiger partial charge in [0, 0.05) is 17.9 Å². The van der Waals surface area contributed by atoms with Crippen LogP contribution in [0.1, 0.15) is 19.4 Å². The lowest BCUT2D eigenvalue weighted by atomic mass is 10.1. The Labute approximate surface area is 107 Å². The molecule has 0 fully saturated rings. The second-order valence-corrected chi connectivity index (χ2v) is 4.88. The summed E-state index contributed by atoms with van der Waals surface area (Å²) in [4.78, 5) is 0. The maximum atomic E-state index is 5.13. The van der Waals surface area contributed by atoms with Crippen LogP contribution in [0.3, 0.4) is 0 Å². The molecule has 0 saturated heterocycles. The van der Waals surface area contributed by atoms with E-state index in [1.54, 1.807) is 7.11 Å². The molecule has 0 aliphatic carbocycles. The van der Waals surface area contributed by atoms with Crippen LogP contribution in [0.25, 0.3) is 0 Å². The maximum absolute atomic E-state index is 5.13. The van der Waals surface area contributed by atoms with E-state index >= 15 is 0 Å². The summed E-state index contributed by atoms with van der Waals surface area (Å²) in [6.45, 7) is 5.36. The monoisotopic (exact) mass is 285 g/mol. The first kappa shape index (κ1) is 13.5. The van der Waals surface area contributed by atoms with Gasteiger partial charge in [-0.3, -0.25) is 0 Å². The average Bonchev–Trinajstić information content (AvgIpc) is 2.30. The molecule has 16 heavy (non-hydrogen) atoms. The zero-order valence-electron chi connectivity index (χ0n) is 10.2. The van der Waals surface area contributed by atoms with Gasteiger partial charge in [-0.15, -0.1) is 0 Å². The summed E-state index contributed by atoms with van der Waals surface area (Å²) >= 11 is 3.53. The molecule has 2 nitrogen and oxygen atoms in total. The second-order valence-electron chi connectivity index (χ2n) is 4.23. The first-order chi connectivity index (χ1) is 7.67. The van der Waals surface area contributed by atoms with Crippen LogP contribution in [0.2, 0.25) is 0 Å². The van der Waals surface area contributed by atoms with Crippen LogP contribution < -0.4 is 10.1 Å². The Balaban J connectivity index is 2.47. The van der Waals surface area contributed by atoms with E-state index in [0.717, 1.165) is 17.6 Å².